The standard InChI is InChI=1S/C22H25N3/c1-15-5-6-21-19(13-15)20-14-24(4)12-9-22(20)25(21)17(3)16(2)18-7-10-23-11-8-18/h5-8,10-11,13H,9,12,14H2,1-4H3/b17-16+. The number of allylic oxidation sites excluding steroid dienone is 2. The predicted octanol–water partition coefficient (Wildman–Crippen LogP) is 4.74. The molecule has 3 heterocycles. The van der Waals surface area contributed by atoms with Gasteiger partial charge in [0.25, 0.3) is 0 Å². The van der Waals surface area contributed by atoms with E-state index in [4.69, 9.17) is 0 Å². The van der Waals surface area contributed by atoms with E-state index < -0.39 is 0 Å². The molecule has 0 fully saturated rings. The highest BCUT2D eigenvalue weighted by atomic mass is 15.1. The first-order valence-electron chi connectivity index (χ1n) is 8.96. The Bertz CT molecular complexity index is 964. The molecule has 3 aromatic rings. The highest BCUT2D eigenvalue weighted by molar-refractivity contribution is 5.93. The van der Waals surface area contributed by atoms with Crippen LogP contribution < -0.4 is 0 Å². The maximum atomic E-state index is 4.15. The van der Waals surface area contributed by atoms with Gasteiger partial charge in [0, 0.05) is 48.7 Å². The van der Waals surface area contributed by atoms with Crippen LogP contribution in [-0.4, -0.2) is 28.0 Å². The molecule has 0 N–H and O–H groups in total. The van der Waals surface area contributed by atoms with Crippen LogP contribution in [0.25, 0.3) is 22.2 Å². The van der Waals surface area contributed by atoms with Gasteiger partial charge >= 0.3 is 0 Å². The minimum absolute atomic E-state index is 1.03. The molecular weight excluding hydrogens is 306 g/mol. The van der Waals surface area contributed by atoms with Crippen molar-refractivity contribution in [3.63, 3.8) is 0 Å². The molecule has 0 aliphatic carbocycles. The van der Waals surface area contributed by atoms with E-state index in [1.165, 1.54) is 44.6 Å². The Morgan fingerprint density at radius 2 is 1.84 bits per heavy atom. The van der Waals surface area contributed by atoms with E-state index in [1.54, 1.807) is 0 Å². The van der Waals surface area contributed by atoms with Crippen LogP contribution >= 0.6 is 0 Å². The van der Waals surface area contributed by atoms with Crippen molar-refractivity contribution in [3.8, 4) is 0 Å². The van der Waals surface area contributed by atoms with Crippen LogP contribution in [0.5, 0.6) is 0 Å². The van der Waals surface area contributed by atoms with Gasteiger partial charge in [-0.2, -0.15) is 0 Å². The quantitative estimate of drug-likeness (QED) is 0.676. The van der Waals surface area contributed by atoms with Crippen LogP contribution in [0.4, 0.5) is 0 Å². The molecule has 0 saturated heterocycles. The summed E-state index contributed by atoms with van der Waals surface area (Å²) in [5, 5.41) is 1.41. The van der Waals surface area contributed by atoms with Crippen LogP contribution in [0.1, 0.15) is 36.2 Å². The second kappa shape index (κ2) is 6.16. The number of aryl methyl sites for hydroxylation is 1. The number of rotatable bonds is 2. The van der Waals surface area contributed by atoms with Gasteiger partial charge < -0.3 is 9.47 Å². The van der Waals surface area contributed by atoms with E-state index in [1.807, 2.05) is 12.4 Å². The first-order valence-corrected chi connectivity index (χ1v) is 8.96. The van der Waals surface area contributed by atoms with Gasteiger partial charge in [-0.25, -0.2) is 0 Å². The number of likely N-dealkylation sites (N-methyl/N-ethyl adjacent to an activating group) is 1. The summed E-state index contributed by atoms with van der Waals surface area (Å²) >= 11 is 0. The number of nitrogens with zero attached hydrogens (tertiary/aromatic N) is 3. The predicted molar refractivity (Wildman–Crippen MR) is 105 cm³/mol. The lowest BCUT2D eigenvalue weighted by Gasteiger charge is -2.25. The summed E-state index contributed by atoms with van der Waals surface area (Å²) in [7, 11) is 2.22. The monoisotopic (exact) mass is 331 g/mol. The summed E-state index contributed by atoms with van der Waals surface area (Å²) in [6.07, 6.45) is 4.84. The van der Waals surface area contributed by atoms with Gasteiger partial charge in [-0.1, -0.05) is 11.6 Å². The summed E-state index contributed by atoms with van der Waals surface area (Å²) in [5.41, 5.74) is 9.49. The van der Waals surface area contributed by atoms with E-state index in [0.717, 1.165) is 19.5 Å². The van der Waals surface area contributed by atoms with Gasteiger partial charge in [0.05, 0.1) is 5.52 Å². The third-order valence-corrected chi connectivity index (χ3v) is 5.49. The molecule has 0 atom stereocenters. The molecule has 0 radical (unpaired) electrons. The van der Waals surface area contributed by atoms with E-state index in [-0.39, 0.29) is 0 Å². The highest BCUT2D eigenvalue weighted by Gasteiger charge is 2.23. The molecule has 0 unspecified atom stereocenters. The molecule has 1 aliphatic rings. The lowest BCUT2D eigenvalue weighted by Crippen LogP contribution is -2.27. The normalized spacial score (nSPS) is 16.0. The van der Waals surface area contributed by atoms with Crippen LogP contribution in [0.3, 0.4) is 0 Å². The topological polar surface area (TPSA) is 21.1 Å². The Morgan fingerprint density at radius 3 is 2.60 bits per heavy atom. The molecule has 0 bridgehead atoms. The molecule has 0 amide bonds. The van der Waals surface area contributed by atoms with Crippen molar-refractivity contribution < 1.29 is 0 Å². The second-order valence-corrected chi connectivity index (χ2v) is 7.22. The largest absolute Gasteiger partial charge is 0.317 e. The van der Waals surface area contributed by atoms with Crippen molar-refractivity contribution in [2.45, 2.75) is 33.7 Å². The van der Waals surface area contributed by atoms with Crippen molar-refractivity contribution in [3.05, 3.63) is 65.1 Å². The van der Waals surface area contributed by atoms with Gasteiger partial charge in [-0.05, 0) is 68.8 Å². The third kappa shape index (κ3) is 2.69. The molecule has 1 aliphatic heterocycles. The minimum Gasteiger partial charge on any atom is -0.317 e. The summed E-state index contributed by atoms with van der Waals surface area (Å²) in [6.45, 7) is 8.79. The fourth-order valence-corrected chi connectivity index (χ4v) is 3.97. The number of hydrogen-bond donors (Lipinski definition) is 0. The Balaban J connectivity index is 1.99. The maximum Gasteiger partial charge on any atom is 0.0531 e. The molecule has 3 heteroatoms. The molecular formula is C22H25N3. The summed E-state index contributed by atoms with van der Waals surface area (Å²) in [5.74, 6) is 0. The molecule has 128 valence electrons. The van der Waals surface area contributed by atoms with Crippen molar-refractivity contribution in [1.82, 2.24) is 14.5 Å². The Labute approximate surface area is 149 Å². The average molecular weight is 331 g/mol. The fourth-order valence-electron chi connectivity index (χ4n) is 3.97. The zero-order valence-electron chi connectivity index (χ0n) is 15.5. The number of aromatic nitrogens is 2. The van der Waals surface area contributed by atoms with Crippen LogP contribution in [0.15, 0.2) is 42.7 Å². The Morgan fingerprint density at radius 1 is 1.08 bits per heavy atom. The zero-order chi connectivity index (χ0) is 17.6. The van der Waals surface area contributed by atoms with Gasteiger partial charge in [-0.3, -0.25) is 4.98 Å². The van der Waals surface area contributed by atoms with Crippen molar-refractivity contribution in [1.29, 1.82) is 0 Å². The summed E-state index contributed by atoms with van der Waals surface area (Å²) in [4.78, 5) is 6.57. The Hall–Kier alpha value is -2.39. The molecule has 25 heavy (non-hydrogen) atoms. The van der Waals surface area contributed by atoms with E-state index in [2.05, 4.69) is 72.6 Å². The number of benzene rings is 1. The number of pyridine rings is 1. The lowest BCUT2D eigenvalue weighted by atomic mass is 10.0. The molecule has 3 nitrogen and oxygen atoms in total. The SMILES string of the molecule is C/C(=C(/C)n1c2c(c3cc(C)ccc31)CN(C)CC2)c1ccncc1. The van der Waals surface area contributed by atoms with E-state index in [0.29, 0.717) is 0 Å². The minimum atomic E-state index is 1.03. The van der Waals surface area contributed by atoms with E-state index in [9.17, 15) is 0 Å². The van der Waals surface area contributed by atoms with Crippen molar-refractivity contribution in [2.24, 2.45) is 0 Å². The van der Waals surface area contributed by atoms with Gasteiger partial charge in [0.15, 0.2) is 0 Å². The fraction of sp³-hybridized carbons (Fsp3) is 0.318. The molecule has 2 aromatic heterocycles. The van der Waals surface area contributed by atoms with Gasteiger partial charge in [-0.15, -0.1) is 0 Å². The molecule has 0 saturated carbocycles. The smallest absolute Gasteiger partial charge is 0.0531 e. The van der Waals surface area contributed by atoms with Gasteiger partial charge in [0.2, 0.25) is 0 Å². The zero-order valence-corrected chi connectivity index (χ0v) is 15.5. The number of fused-ring (bicyclic) bond motifs is 3. The molecule has 1 aromatic carbocycles. The average Bonchev–Trinajstić information content (AvgIpc) is 2.94. The lowest BCUT2D eigenvalue weighted by molar-refractivity contribution is 0.311. The van der Waals surface area contributed by atoms with Crippen molar-refractivity contribution >= 4 is 22.2 Å². The van der Waals surface area contributed by atoms with Gasteiger partial charge in [0.1, 0.15) is 0 Å². The first-order chi connectivity index (χ1) is 12.1. The van der Waals surface area contributed by atoms with Crippen LogP contribution in [0, 0.1) is 6.92 Å². The summed E-state index contributed by atoms with van der Waals surface area (Å²) < 4.78 is 2.49. The van der Waals surface area contributed by atoms with Crippen LogP contribution in [0.2, 0.25) is 0 Å². The molecule has 4 rings (SSSR count). The van der Waals surface area contributed by atoms with E-state index >= 15 is 0 Å². The highest BCUT2D eigenvalue weighted by Crippen LogP contribution is 2.35. The summed E-state index contributed by atoms with van der Waals surface area (Å²) in [6, 6.07) is 11.0. The van der Waals surface area contributed by atoms with Crippen molar-refractivity contribution in [2.75, 3.05) is 13.6 Å². The number of hydrogen-bond acceptors (Lipinski definition) is 2. The Kier molecular flexibility index (Phi) is 3.97. The third-order valence-electron chi connectivity index (χ3n) is 5.49. The first kappa shape index (κ1) is 16.1. The second-order valence-electron chi connectivity index (χ2n) is 7.22. The maximum absolute atomic E-state index is 4.15. The van der Waals surface area contributed by atoms with Crippen LogP contribution in [-0.2, 0) is 13.0 Å². The molecule has 0 spiro atoms.